The second-order valence-electron chi connectivity index (χ2n) is 17.2. The van der Waals surface area contributed by atoms with Crippen LogP contribution >= 0.6 is 10.0 Å². The lowest BCUT2D eigenvalue weighted by Gasteiger charge is -2.42. The van der Waals surface area contributed by atoms with Crippen molar-refractivity contribution in [1.82, 2.24) is 19.5 Å². The van der Waals surface area contributed by atoms with Crippen molar-refractivity contribution in [2.45, 2.75) is 38.8 Å². The molecule has 1 aliphatic rings. The van der Waals surface area contributed by atoms with Crippen LogP contribution in [0.25, 0.3) is 72.8 Å². The number of para-hydroxylation sites is 1. The van der Waals surface area contributed by atoms with Crippen LogP contribution in [0.5, 0.6) is 0 Å². The van der Waals surface area contributed by atoms with Crippen LogP contribution in [-0.2, 0) is 5.41 Å². The molecule has 0 aliphatic heterocycles. The fourth-order valence-corrected chi connectivity index (χ4v) is 14.0. The van der Waals surface area contributed by atoms with Gasteiger partial charge in [0.15, 0.2) is 17.5 Å². The lowest BCUT2D eigenvalue weighted by molar-refractivity contribution is 0.661. The maximum absolute atomic E-state index is 5.35. The topological polar surface area (TPSA) is 43.6 Å². The van der Waals surface area contributed by atoms with Crippen molar-refractivity contribution in [3.8, 4) is 51.0 Å². The molecule has 1 aliphatic carbocycles. The smallest absolute Gasteiger partial charge is 0.164 e. The van der Waals surface area contributed by atoms with E-state index in [1.165, 1.54) is 58.1 Å². The molecule has 0 radical (unpaired) electrons. The first-order chi connectivity index (χ1) is 32.0. The number of aromatic nitrogens is 4. The van der Waals surface area contributed by atoms with Crippen LogP contribution < -0.4 is 0 Å². The summed E-state index contributed by atoms with van der Waals surface area (Å²) in [6.45, 7) is 4.70. The first-order valence-electron chi connectivity index (χ1n) is 22.2. The van der Waals surface area contributed by atoms with Crippen LogP contribution in [0, 0.1) is 0 Å². The van der Waals surface area contributed by atoms with Crippen LogP contribution in [0.1, 0.15) is 25.0 Å². The van der Waals surface area contributed by atoms with Gasteiger partial charge in [0.2, 0.25) is 0 Å². The lowest BCUT2D eigenvalue weighted by Crippen LogP contribution is -2.14. The molecule has 9 aromatic carbocycles. The second-order valence-corrected chi connectivity index (χ2v) is 20.4. The van der Waals surface area contributed by atoms with Crippen LogP contribution in [0.15, 0.2) is 250 Å². The number of hydrogen-bond donors (Lipinski definition) is 0. The van der Waals surface area contributed by atoms with E-state index in [0.717, 1.165) is 27.9 Å². The molecule has 2 aromatic heterocycles. The van der Waals surface area contributed by atoms with Gasteiger partial charge in [-0.15, -0.1) is 10.0 Å². The largest absolute Gasteiger partial charge is 0.309 e. The third-order valence-corrected chi connectivity index (χ3v) is 17.0. The summed E-state index contributed by atoms with van der Waals surface area (Å²) in [7, 11) is -1.93. The van der Waals surface area contributed by atoms with Gasteiger partial charge in [-0.3, -0.25) is 0 Å². The Morgan fingerprint density at radius 2 is 0.846 bits per heavy atom. The van der Waals surface area contributed by atoms with E-state index in [0.29, 0.717) is 17.5 Å². The Hall–Kier alpha value is -7.86. The molecular weight excluding hydrogens is 809 g/mol. The van der Waals surface area contributed by atoms with Gasteiger partial charge in [-0.2, -0.15) is 0 Å². The average molecular weight is 853 g/mol. The van der Waals surface area contributed by atoms with Crippen molar-refractivity contribution >= 4 is 31.8 Å². The minimum absolute atomic E-state index is 0.125. The number of rotatable bonds is 8. The van der Waals surface area contributed by atoms with E-state index >= 15 is 0 Å². The summed E-state index contributed by atoms with van der Waals surface area (Å²) >= 11 is 0. The van der Waals surface area contributed by atoms with Gasteiger partial charge in [0.1, 0.15) is 0 Å². The zero-order valence-corrected chi connectivity index (χ0v) is 37.0. The molecule has 0 unspecified atom stereocenters. The van der Waals surface area contributed by atoms with Crippen LogP contribution in [-0.4, -0.2) is 19.5 Å². The highest BCUT2D eigenvalue weighted by Crippen LogP contribution is 2.73. The Morgan fingerprint density at radius 1 is 0.354 bits per heavy atom. The summed E-state index contributed by atoms with van der Waals surface area (Å²) in [6.07, 6.45) is 0. The molecule has 11 aromatic rings. The molecule has 0 bridgehead atoms. The predicted octanol–water partition coefficient (Wildman–Crippen LogP) is 15.6. The average Bonchev–Trinajstić information content (AvgIpc) is 3.82. The maximum Gasteiger partial charge on any atom is 0.164 e. The molecule has 65 heavy (non-hydrogen) atoms. The first-order valence-corrected chi connectivity index (χ1v) is 23.8. The summed E-state index contributed by atoms with van der Waals surface area (Å²) in [6, 6.07) is 83.1. The van der Waals surface area contributed by atoms with E-state index < -0.39 is 10.0 Å². The molecule has 0 atom stereocenters. The zero-order chi connectivity index (χ0) is 43.5. The van der Waals surface area contributed by atoms with Gasteiger partial charge >= 0.3 is 0 Å². The van der Waals surface area contributed by atoms with Crippen molar-refractivity contribution in [2.24, 2.45) is 0 Å². The van der Waals surface area contributed by atoms with E-state index in [4.69, 9.17) is 15.0 Å². The maximum atomic E-state index is 5.35. The molecule has 310 valence electrons. The zero-order valence-electron chi connectivity index (χ0n) is 36.1. The third kappa shape index (κ3) is 6.26. The predicted molar refractivity (Wildman–Crippen MR) is 268 cm³/mol. The summed E-state index contributed by atoms with van der Waals surface area (Å²) in [5.41, 5.74) is 11.4. The molecule has 0 fully saturated rings. The van der Waals surface area contributed by atoms with E-state index in [-0.39, 0.29) is 5.41 Å². The minimum atomic E-state index is -1.93. The van der Waals surface area contributed by atoms with Crippen LogP contribution in [0.2, 0.25) is 0 Å². The highest BCUT2D eigenvalue weighted by Gasteiger charge is 2.37. The summed E-state index contributed by atoms with van der Waals surface area (Å²) in [5, 5.41) is 2.47. The van der Waals surface area contributed by atoms with Gasteiger partial charge < -0.3 is 4.57 Å². The van der Waals surface area contributed by atoms with Gasteiger partial charge in [0, 0.05) is 58.1 Å². The van der Waals surface area contributed by atoms with E-state index in [1.54, 1.807) is 0 Å². The van der Waals surface area contributed by atoms with Crippen molar-refractivity contribution < 1.29 is 0 Å². The van der Waals surface area contributed by atoms with Gasteiger partial charge in [-0.1, -0.05) is 166 Å². The number of fused-ring (bicyclic) bond motifs is 6. The quantitative estimate of drug-likeness (QED) is 0.153. The summed E-state index contributed by atoms with van der Waals surface area (Å²) < 4.78 is 2.41. The molecule has 0 amide bonds. The Kier molecular flexibility index (Phi) is 9.21. The van der Waals surface area contributed by atoms with Gasteiger partial charge in [0.05, 0.1) is 11.0 Å². The van der Waals surface area contributed by atoms with Gasteiger partial charge in [-0.25, -0.2) is 15.0 Å². The summed E-state index contributed by atoms with van der Waals surface area (Å²) in [5.74, 6) is 1.87. The first kappa shape index (κ1) is 38.8. The molecule has 12 rings (SSSR count). The molecule has 0 spiro atoms. The second kappa shape index (κ2) is 15.4. The highest BCUT2D eigenvalue weighted by molar-refractivity contribution is 8.34. The van der Waals surface area contributed by atoms with Gasteiger partial charge in [0.25, 0.3) is 0 Å². The highest BCUT2D eigenvalue weighted by atomic mass is 32.3. The molecule has 5 heteroatoms. The molecular formula is C60H44N4S. The monoisotopic (exact) mass is 852 g/mol. The molecule has 0 saturated carbocycles. The van der Waals surface area contributed by atoms with Crippen LogP contribution in [0.4, 0.5) is 0 Å². The third-order valence-electron chi connectivity index (χ3n) is 13.1. The van der Waals surface area contributed by atoms with E-state index in [9.17, 15) is 0 Å². The van der Waals surface area contributed by atoms with E-state index in [2.05, 4.69) is 231 Å². The number of benzene rings is 9. The molecule has 0 N–H and O–H groups in total. The number of hydrogen-bond acceptors (Lipinski definition) is 3. The molecule has 4 nitrogen and oxygen atoms in total. The Morgan fingerprint density at radius 3 is 1.49 bits per heavy atom. The van der Waals surface area contributed by atoms with Crippen LogP contribution in [0.3, 0.4) is 0 Å². The van der Waals surface area contributed by atoms with Crippen molar-refractivity contribution in [3.05, 3.63) is 242 Å². The minimum Gasteiger partial charge on any atom is -0.309 e. The fraction of sp³-hybridized carbons (Fsp3) is 0.0500. The van der Waals surface area contributed by atoms with Crippen molar-refractivity contribution in [2.75, 3.05) is 0 Å². The standard InChI is InChI=1S/C60H44N4S/c1-60(2)53-35-17-15-33-49(53)51-39-52-50-34-16-18-36-55(50)64(56(52)40-54(51)60)44-25-19-23-42(37-44)58-61-57(41-21-7-3-8-22-41)62-59(63-58)43-24-20-32-48(38-43)65(45-26-9-4-10-27-45,46-28-11-5-12-29-46)47-30-13-6-14-31-47/h3-40H,1-2H3. The van der Waals surface area contributed by atoms with Crippen molar-refractivity contribution in [1.29, 1.82) is 0 Å². The van der Waals surface area contributed by atoms with Gasteiger partial charge in [-0.05, 0) is 101 Å². The van der Waals surface area contributed by atoms with E-state index in [1.807, 2.05) is 18.2 Å². The molecule has 2 heterocycles. The summed E-state index contributed by atoms with van der Waals surface area (Å²) in [4.78, 5) is 20.8. The molecule has 0 saturated heterocycles. The number of nitrogens with zero attached hydrogens (tertiary/aromatic N) is 4. The Labute approximate surface area is 380 Å². The lowest BCUT2D eigenvalue weighted by atomic mass is 9.82. The fourth-order valence-electron chi connectivity index (χ4n) is 10.1. The Balaban J connectivity index is 1.04. The Bertz CT molecular complexity index is 3470. The normalized spacial score (nSPS) is 13.1. The van der Waals surface area contributed by atoms with Crippen molar-refractivity contribution in [3.63, 3.8) is 0 Å². The SMILES string of the molecule is CC1(C)c2ccccc2-c2cc3c4ccccc4n(-c4cccc(-c5nc(-c6ccccc6)nc(-c6cccc(S(c7ccccc7)(c7ccccc7)c7ccccc7)c6)n5)c4)c3cc21.